The first-order chi connectivity index (χ1) is 11.8. The first kappa shape index (κ1) is 18.9. The molecule has 1 aromatic carbocycles. The number of Topliss-reactive ketones (excluding diaryl/α,β-unsaturated/α-hetero) is 1. The van der Waals surface area contributed by atoms with Crippen molar-refractivity contribution in [3.05, 3.63) is 47.3 Å². The molecule has 2 N–H and O–H groups in total. The molecule has 0 radical (unpaired) electrons. The van der Waals surface area contributed by atoms with E-state index in [0.29, 0.717) is 29.8 Å². The van der Waals surface area contributed by atoms with E-state index in [0.717, 1.165) is 5.69 Å². The number of amides is 1. The van der Waals surface area contributed by atoms with Gasteiger partial charge in [-0.15, -0.1) is 0 Å². The van der Waals surface area contributed by atoms with Gasteiger partial charge in [0, 0.05) is 6.54 Å². The van der Waals surface area contributed by atoms with Gasteiger partial charge in [0.2, 0.25) is 0 Å². The van der Waals surface area contributed by atoms with Crippen molar-refractivity contribution in [2.45, 2.75) is 46.1 Å². The van der Waals surface area contributed by atoms with E-state index in [1.165, 1.54) is 0 Å². The fraction of sp³-hybridized carbons (Fsp3) is 0.421. The molecule has 0 saturated carbocycles. The topological polar surface area (TPSA) is 84.2 Å². The van der Waals surface area contributed by atoms with Gasteiger partial charge in [-0.3, -0.25) is 9.59 Å². The van der Waals surface area contributed by atoms with Crippen LogP contribution in [0.3, 0.4) is 0 Å². The minimum Gasteiger partial charge on any atom is -0.388 e. The molecule has 0 aliphatic rings. The number of nitrogens with one attached hydrogen (secondary N) is 1. The van der Waals surface area contributed by atoms with Crippen molar-refractivity contribution < 1.29 is 14.7 Å². The Labute approximate surface area is 147 Å². The van der Waals surface area contributed by atoms with Crippen LogP contribution < -0.4 is 5.32 Å². The molecule has 2 rings (SSSR count). The summed E-state index contributed by atoms with van der Waals surface area (Å²) in [7, 11) is 0. The molecule has 2 aromatic rings. The fourth-order valence-electron chi connectivity index (χ4n) is 2.73. The number of hydrogen-bond acceptors (Lipinski definition) is 4. The van der Waals surface area contributed by atoms with Gasteiger partial charge in [0.1, 0.15) is 0 Å². The Hall–Kier alpha value is -2.47. The molecule has 6 heteroatoms. The summed E-state index contributed by atoms with van der Waals surface area (Å²) in [5.41, 5.74) is 1.26. The van der Waals surface area contributed by atoms with Gasteiger partial charge in [0.25, 0.3) is 11.7 Å². The van der Waals surface area contributed by atoms with E-state index in [4.69, 9.17) is 0 Å². The van der Waals surface area contributed by atoms with E-state index in [9.17, 15) is 14.7 Å². The van der Waals surface area contributed by atoms with Crippen LogP contribution in [0.25, 0.3) is 5.69 Å². The molecule has 0 atom stereocenters. The highest BCUT2D eigenvalue weighted by molar-refractivity contribution is 6.43. The van der Waals surface area contributed by atoms with Gasteiger partial charge in [0.15, 0.2) is 0 Å². The highest BCUT2D eigenvalue weighted by Crippen LogP contribution is 2.19. The van der Waals surface area contributed by atoms with Crippen LogP contribution in [0.5, 0.6) is 0 Å². The molecule has 0 aliphatic carbocycles. The number of para-hydroxylation sites is 1. The average molecular weight is 343 g/mol. The number of aliphatic hydroxyl groups is 1. The van der Waals surface area contributed by atoms with Gasteiger partial charge in [-0.25, -0.2) is 4.68 Å². The number of hydrogen-bond donors (Lipinski definition) is 2. The summed E-state index contributed by atoms with van der Waals surface area (Å²) < 4.78 is 1.66. The second kappa shape index (κ2) is 7.61. The van der Waals surface area contributed by atoms with Crippen molar-refractivity contribution in [1.29, 1.82) is 0 Å². The zero-order chi connectivity index (χ0) is 18.6. The molecule has 1 aromatic heterocycles. The van der Waals surface area contributed by atoms with Crippen molar-refractivity contribution in [3.8, 4) is 5.69 Å². The van der Waals surface area contributed by atoms with Crippen LogP contribution >= 0.6 is 0 Å². The third-order valence-corrected chi connectivity index (χ3v) is 4.62. The highest BCUT2D eigenvalue weighted by Gasteiger charge is 2.28. The predicted octanol–water partition coefficient (Wildman–Crippen LogP) is 2.34. The van der Waals surface area contributed by atoms with Crippen molar-refractivity contribution in [3.63, 3.8) is 0 Å². The van der Waals surface area contributed by atoms with Crippen LogP contribution in [0.4, 0.5) is 0 Å². The van der Waals surface area contributed by atoms with Gasteiger partial charge in [0.05, 0.1) is 28.2 Å². The van der Waals surface area contributed by atoms with Crippen LogP contribution in [-0.4, -0.2) is 38.7 Å². The molecule has 0 spiro atoms. The smallest absolute Gasteiger partial charge is 0.292 e. The maximum absolute atomic E-state index is 12.6. The van der Waals surface area contributed by atoms with Crippen LogP contribution in [0.2, 0.25) is 0 Å². The summed E-state index contributed by atoms with van der Waals surface area (Å²) in [5.74, 6) is -1.36. The van der Waals surface area contributed by atoms with Gasteiger partial charge < -0.3 is 10.4 Å². The SMILES string of the molecule is CCC(O)(CC)CNC(=O)C(=O)c1c(C)nn(-c2ccccc2)c1C. The highest BCUT2D eigenvalue weighted by atomic mass is 16.3. The predicted molar refractivity (Wildman–Crippen MR) is 95.9 cm³/mol. The Balaban J connectivity index is 2.22. The van der Waals surface area contributed by atoms with Crippen molar-refractivity contribution in [2.24, 2.45) is 0 Å². The third-order valence-electron chi connectivity index (χ3n) is 4.62. The number of rotatable bonds is 7. The van der Waals surface area contributed by atoms with Gasteiger partial charge in [-0.05, 0) is 38.8 Å². The Morgan fingerprint density at radius 1 is 1.16 bits per heavy atom. The Morgan fingerprint density at radius 2 is 1.76 bits per heavy atom. The van der Waals surface area contributed by atoms with E-state index in [1.807, 2.05) is 44.2 Å². The lowest BCUT2D eigenvalue weighted by Gasteiger charge is -2.25. The summed E-state index contributed by atoms with van der Waals surface area (Å²) in [6.45, 7) is 7.21. The number of carbonyl (C=O) groups excluding carboxylic acids is 2. The average Bonchev–Trinajstić information content (AvgIpc) is 2.93. The zero-order valence-corrected chi connectivity index (χ0v) is 15.2. The van der Waals surface area contributed by atoms with Crippen molar-refractivity contribution >= 4 is 11.7 Å². The largest absolute Gasteiger partial charge is 0.388 e. The standard InChI is InChI=1S/C19H25N3O3/c1-5-19(25,6-2)12-20-18(24)17(23)16-13(3)21-22(14(16)4)15-10-8-7-9-11-15/h7-11,25H,5-6,12H2,1-4H3,(H,20,24). The molecule has 1 heterocycles. The molecule has 1 amide bonds. The number of benzene rings is 1. The first-order valence-electron chi connectivity index (χ1n) is 8.49. The minimum atomic E-state index is -0.992. The maximum atomic E-state index is 12.6. The maximum Gasteiger partial charge on any atom is 0.292 e. The summed E-state index contributed by atoms with van der Waals surface area (Å²) in [5, 5.41) is 17.2. The molecule has 0 unspecified atom stereocenters. The summed E-state index contributed by atoms with van der Waals surface area (Å²) in [6.07, 6.45) is 1.00. The summed E-state index contributed by atoms with van der Waals surface area (Å²) >= 11 is 0. The number of nitrogens with zero attached hydrogens (tertiary/aromatic N) is 2. The number of aryl methyl sites for hydroxylation is 1. The van der Waals surface area contributed by atoms with Crippen LogP contribution in [0.15, 0.2) is 30.3 Å². The van der Waals surface area contributed by atoms with Crippen LogP contribution in [0, 0.1) is 13.8 Å². The van der Waals surface area contributed by atoms with Gasteiger partial charge in [-0.1, -0.05) is 32.0 Å². The number of ketones is 1. The number of carbonyl (C=O) groups is 2. The normalized spacial score (nSPS) is 11.4. The van der Waals surface area contributed by atoms with E-state index < -0.39 is 17.3 Å². The molecule has 0 fully saturated rings. The number of aromatic nitrogens is 2. The van der Waals surface area contributed by atoms with Crippen LogP contribution in [-0.2, 0) is 4.79 Å². The quantitative estimate of drug-likeness (QED) is 0.597. The summed E-state index contributed by atoms with van der Waals surface area (Å²) in [4.78, 5) is 24.8. The van der Waals surface area contributed by atoms with Gasteiger partial charge >= 0.3 is 0 Å². The Bertz CT molecular complexity index is 762. The molecule has 0 aliphatic heterocycles. The Kier molecular flexibility index (Phi) is 5.74. The fourth-order valence-corrected chi connectivity index (χ4v) is 2.73. The van der Waals surface area contributed by atoms with Crippen molar-refractivity contribution in [1.82, 2.24) is 15.1 Å². The molecule has 0 saturated heterocycles. The second-order valence-electron chi connectivity index (χ2n) is 6.24. The third kappa shape index (κ3) is 3.96. The molecule has 134 valence electrons. The molecule has 6 nitrogen and oxygen atoms in total. The molecular formula is C19H25N3O3. The van der Waals surface area contributed by atoms with E-state index in [1.54, 1.807) is 18.5 Å². The lowest BCUT2D eigenvalue weighted by molar-refractivity contribution is -0.118. The monoisotopic (exact) mass is 343 g/mol. The van der Waals surface area contributed by atoms with Crippen LogP contribution in [0.1, 0.15) is 48.4 Å². The van der Waals surface area contributed by atoms with E-state index >= 15 is 0 Å². The van der Waals surface area contributed by atoms with E-state index in [-0.39, 0.29) is 6.54 Å². The second-order valence-corrected chi connectivity index (χ2v) is 6.24. The first-order valence-corrected chi connectivity index (χ1v) is 8.49. The minimum absolute atomic E-state index is 0.0511. The zero-order valence-electron chi connectivity index (χ0n) is 15.2. The molecule has 25 heavy (non-hydrogen) atoms. The Morgan fingerprint density at radius 3 is 2.32 bits per heavy atom. The lowest BCUT2D eigenvalue weighted by Crippen LogP contribution is -2.44. The van der Waals surface area contributed by atoms with E-state index in [2.05, 4.69) is 10.4 Å². The lowest BCUT2D eigenvalue weighted by atomic mass is 9.97. The molecule has 0 bridgehead atoms. The van der Waals surface area contributed by atoms with Gasteiger partial charge in [-0.2, -0.15) is 5.10 Å². The molecular weight excluding hydrogens is 318 g/mol. The summed E-state index contributed by atoms with van der Waals surface area (Å²) in [6, 6.07) is 9.44. The van der Waals surface area contributed by atoms with Crippen molar-refractivity contribution in [2.75, 3.05) is 6.54 Å².